The third-order valence-corrected chi connectivity index (χ3v) is 3.22. The molecule has 0 heterocycles. The van der Waals surface area contributed by atoms with E-state index in [4.69, 9.17) is 26.2 Å². The van der Waals surface area contributed by atoms with Gasteiger partial charge in [0.15, 0.2) is 12.2 Å². The molecule has 0 fully saturated rings. The van der Waals surface area contributed by atoms with Crippen molar-refractivity contribution >= 4 is 11.9 Å². The van der Waals surface area contributed by atoms with Crippen molar-refractivity contribution in [1.29, 1.82) is 0 Å². The first-order chi connectivity index (χ1) is 9.98. The molecule has 0 aliphatic rings. The minimum atomic E-state index is -2.27. The van der Waals surface area contributed by atoms with Gasteiger partial charge in [-0.1, -0.05) is 37.3 Å². The summed E-state index contributed by atoms with van der Waals surface area (Å²) in [5.41, 5.74) is 7.18. The van der Waals surface area contributed by atoms with Crippen molar-refractivity contribution in [3.63, 3.8) is 0 Å². The van der Waals surface area contributed by atoms with E-state index in [1.165, 1.54) is 5.56 Å². The van der Waals surface area contributed by atoms with Crippen LogP contribution in [0.25, 0.3) is 0 Å². The molecule has 0 aromatic heterocycles. The summed E-state index contributed by atoms with van der Waals surface area (Å²) < 4.78 is 0. The van der Waals surface area contributed by atoms with E-state index in [2.05, 4.69) is 45.0 Å². The summed E-state index contributed by atoms with van der Waals surface area (Å²) in [4.78, 5) is 19.5. The highest BCUT2D eigenvalue weighted by Gasteiger charge is 2.29. The van der Waals surface area contributed by atoms with Gasteiger partial charge in [-0.2, -0.15) is 0 Å². The average Bonchev–Trinajstić information content (AvgIpc) is 2.45. The number of carboxylic acids is 2. The molecular formula is C15H23NO6. The molecule has 0 aliphatic heterocycles. The number of nitrogens with two attached hydrogens (primary N) is 1. The monoisotopic (exact) mass is 313 g/mol. The first-order valence-corrected chi connectivity index (χ1v) is 6.64. The van der Waals surface area contributed by atoms with Crippen molar-refractivity contribution in [3.8, 4) is 0 Å². The largest absolute Gasteiger partial charge is 0.479 e. The van der Waals surface area contributed by atoms with Gasteiger partial charge in [0.25, 0.3) is 0 Å². The minimum absolute atomic E-state index is 0.138. The van der Waals surface area contributed by atoms with E-state index in [1.54, 1.807) is 0 Å². The first-order valence-electron chi connectivity index (χ1n) is 6.64. The van der Waals surface area contributed by atoms with E-state index < -0.39 is 24.1 Å². The SMILES string of the molecule is CC(c1ccccc1)C(C)(C)N.O=C(O)C(O)C(O)C(=O)O. The smallest absolute Gasteiger partial charge is 0.335 e. The maximum Gasteiger partial charge on any atom is 0.335 e. The summed E-state index contributed by atoms with van der Waals surface area (Å²) in [7, 11) is 0. The van der Waals surface area contributed by atoms with Crippen LogP contribution in [0.1, 0.15) is 32.3 Å². The molecule has 3 atom stereocenters. The second-order valence-corrected chi connectivity index (χ2v) is 5.52. The number of hydrogen-bond acceptors (Lipinski definition) is 5. The first kappa shape index (κ1) is 20.0. The van der Waals surface area contributed by atoms with Gasteiger partial charge in [-0.05, 0) is 25.3 Å². The van der Waals surface area contributed by atoms with E-state index >= 15 is 0 Å². The molecule has 124 valence electrons. The Balaban J connectivity index is 0.000000409. The van der Waals surface area contributed by atoms with Crippen molar-refractivity contribution < 1.29 is 30.0 Å². The van der Waals surface area contributed by atoms with E-state index in [9.17, 15) is 9.59 Å². The number of aliphatic hydroxyl groups excluding tert-OH is 2. The normalized spacial score (nSPS) is 15.0. The van der Waals surface area contributed by atoms with E-state index in [0.29, 0.717) is 5.92 Å². The van der Waals surface area contributed by atoms with Crippen LogP contribution in [0.2, 0.25) is 0 Å². The fourth-order valence-electron chi connectivity index (χ4n) is 1.44. The Labute approximate surface area is 129 Å². The van der Waals surface area contributed by atoms with Gasteiger partial charge in [0.2, 0.25) is 0 Å². The number of aliphatic carboxylic acids is 2. The van der Waals surface area contributed by atoms with E-state index in [1.807, 2.05) is 6.07 Å². The third-order valence-electron chi connectivity index (χ3n) is 3.22. The highest BCUT2D eigenvalue weighted by Crippen LogP contribution is 2.24. The predicted octanol–water partition coefficient (Wildman–Crippen LogP) is 0.405. The Morgan fingerprint density at radius 1 is 1.00 bits per heavy atom. The molecule has 0 saturated carbocycles. The lowest BCUT2D eigenvalue weighted by Crippen LogP contribution is -2.39. The molecule has 0 aliphatic carbocycles. The molecule has 1 aromatic carbocycles. The number of carboxylic acid groups (broad SMARTS) is 2. The van der Waals surface area contributed by atoms with Crippen molar-refractivity contribution in [2.45, 2.75) is 44.4 Å². The second-order valence-electron chi connectivity index (χ2n) is 5.52. The molecule has 6 N–H and O–H groups in total. The van der Waals surface area contributed by atoms with Crippen molar-refractivity contribution in [2.75, 3.05) is 0 Å². The Kier molecular flexibility index (Phi) is 7.72. The Morgan fingerprint density at radius 3 is 1.64 bits per heavy atom. The zero-order chi connectivity index (χ0) is 17.5. The van der Waals surface area contributed by atoms with Crippen LogP contribution < -0.4 is 5.73 Å². The molecule has 7 heteroatoms. The van der Waals surface area contributed by atoms with Gasteiger partial charge in [0, 0.05) is 5.54 Å². The van der Waals surface area contributed by atoms with E-state index in [-0.39, 0.29) is 5.54 Å². The van der Waals surface area contributed by atoms with Gasteiger partial charge < -0.3 is 26.2 Å². The molecule has 7 nitrogen and oxygen atoms in total. The zero-order valence-electron chi connectivity index (χ0n) is 12.8. The average molecular weight is 313 g/mol. The van der Waals surface area contributed by atoms with Crippen LogP contribution in [0.4, 0.5) is 0 Å². The summed E-state index contributed by atoms with van der Waals surface area (Å²) in [6, 6.07) is 10.4. The fourth-order valence-corrected chi connectivity index (χ4v) is 1.44. The van der Waals surface area contributed by atoms with Gasteiger partial charge in [0.1, 0.15) is 0 Å². The number of hydrogen-bond donors (Lipinski definition) is 5. The van der Waals surface area contributed by atoms with Crippen LogP contribution >= 0.6 is 0 Å². The molecule has 0 bridgehead atoms. The van der Waals surface area contributed by atoms with Gasteiger partial charge >= 0.3 is 11.9 Å². The Bertz CT molecular complexity index is 465. The third kappa shape index (κ3) is 6.66. The number of aliphatic hydroxyl groups is 2. The topological polar surface area (TPSA) is 141 Å². The molecule has 0 saturated heterocycles. The van der Waals surface area contributed by atoms with Crippen molar-refractivity contribution in [3.05, 3.63) is 35.9 Å². The van der Waals surface area contributed by atoms with Crippen LogP contribution in [0, 0.1) is 0 Å². The standard InChI is InChI=1S/C11H17N.C4H6O6/c1-9(11(2,3)12)10-7-5-4-6-8-10;5-1(3(7)8)2(6)4(9)10/h4-9H,12H2,1-3H3;1-2,5-6H,(H,7,8)(H,9,10). The van der Waals surface area contributed by atoms with Crippen LogP contribution in [-0.2, 0) is 9.59 Å². The number of benzene rings is 1. The maximum atomic E-state index is 9.77. The molecule has 0 amide bonds. The van der Waals surface area contributed by atoms with Gasteiger partial charge in [-0.15, -0.1) is 0 Å². The lowest BCUT2D eigenvalue weighted by molar-refractivity contribution is -0.165. The van der Waals surface area contributed by atoms with Gasteiger partial charge in [0.05, 0.1) is 0 Å². The van der Waals surface area contributed by atoms with Gasteiger partial charge in [-0.25, -0.2) is 9.59 Å². The highest BCUT2D eigenvalue weighted by molar-refractivity contribution is 5.83. The molecular weight excluding hydrogens is 290 g/mol. The summed E-state index contributed by atoms with van der Waals surface area (Å²) in [6.07, 6.45) is -4.53. The molecule has 1 aromatic rings. The lowest BCUT2D eigenvalue weighted by Gasteiger charge is -2.27. The summed E-state index contributed by atoms with van der Waals surface area (Å²) >= 11 is 0. The Hall–Kier alpha value is -1.96. The predicted molar refractivity (Wildman–Crippen MR) is 80.4 cm³/mol. The minimum Gasteiger partial charge on any atom is -0.479 e. The maximum absolute atomic E-state index is 9.77. The van der Waals surface area contributed by atoms with E-state index in [0.717, 1.165) is 0 Å². The quantitative estimate of drug-likeness (QED) is 0.530. The van der Waals surface area contributed by atoms with Crippen molar-refractivity contribution in [2.24, 2.45) is 5.73 Å². The van der Waals surface area contributed by atoms with Crippen LogP contribution in [0.3, 0.4) is 0 Å². The molecule has 0 spiro atoms. The summed E-state index contributed by atoms with van der Waals surface area (Å²) in [5, 5.41) is 32.5. The molecule has 22 heavy (non-hydrogen) atoms. The molecule has 0 radical (unpaired) electrons. The Morgan fingerprint density at radius 2 is 1.36 bits per heavy atom. The van der Waals surface area contributed by atoms with Crippen LogP contribution in [-0.4, -0.2) is 50.1 Å². The van der Waals surface area contributed by atoms with Crippen molar-refractivity contribution in [1.82, 2.24) is 0 Å². The van der Waals surface area contributed by atoms with Crippen LogP contribution in [0.15, 0.2) is 30.3 Å². The lowest BCUT2D eigenvalue weighted by atomic mass is 9.84. The zero-order valence-corrected chi connectivity index (χ0v) is 12.8. The second kappa shape index (κ2) is 8.47. The fraction of sp³-hybridized carbons (Fsp3) is 0.467. The van der Waals surface area contributed by atoms with Gasteiger partial charge in [-0.3, -0.25) is 0 Å². The number of carbonyl (C=O) groups is 2. The summed E-state index contributed by atoms with van der Waals surface area (Å²) in [6.45, 7) is 6.28. The molecule has 3 unspecified atom stereocenters. The highest BCUT2D eigenvalue weighted by atomic mass is 16.4. The summed E-state index contributed by atoms with van der Waals surface area (Å²) in [5.74, 6) is -3.14. The number of rotatable bonds is 5. The molecule has 1 rings (SSSR count). The van der Waals surface area contributed by atoms with Crippen LogP contribution in [0.5, 0.6) is 0 Å².